The number of rotatable bonds is 5. The minimum absolute atomic E-state index is 0.208. The molecule has 0 aliphatic carbocycles. The van der Waals surface area contributed by atoms with E-state index in [-0.39, 0.29) is 5.82 Å². The number of benzene rings is 1. The summed E-state index contributed by atoms with van der Waals surface area (Å²) < 4.78 is 12.8. The number of halogens is 1. The molecule has 0 amide bonds. The zero-order chi connectivity index (χ0) is 13.7. The molecule has 0 unspecified atom stereocenters. The van der Waals surface area contributed by atoms with Crippen LogP contribution in [0.5, 0.6) is 0 Å². The molecule has 0 saturated carbocycles. The molecule has 0 bridgehead atoms. The summed E-state index contributed by atoms with van der Waals surface area (Å²) in [7, 11) is 1.96. The zero-order valence-electron chi connectivity index (χ0n) is 10.9. The third-order valence-electron chi connectivity index (χ3n) is 2.91. The number of hydrogen-bond donors (Lipinski definition) is 1. The Kier molecular flexibility index (Phi) is 4.41. The highest BCUT2D eigenvalue weighted by molar-refractivity contribution is 5.36. The van der Waals surface area contributed by atoms with Crippen LogP contribution in [0.2, 0.25) is 0 Å². The van der Waals surface area contributed by atoms with E-state index in [0.717, 1.165) is 24.3 Å². The largest absolute Gasteiger partial charge is 0.359 e. The number of nitrogens with zero attached hydrogens (tertiary/aromatic N) is 3. The average Bonchev–Trinajstić information content (AvgIpc) is 2.46. The molecular weight excluding hydrogens is 243 g/mol. The third-order valence-corrected chi connectivity index (χ3v) is 2.91. The van der Waals surface area contributed by atoms with E-state index in [0.29, 0.717) is 12.4 Å². The van der Waals surface area contributed by atoms with Crippen molar-refractivity contribution < 1.29 is 4.39 Å². The quantitative estimate of drug-likeness (QED) is 0.890. The van der Waals surface area contributed by atoms with Gasteiger partial charge in [-0.3, -0.25) is 0 Å². The van der Waals surface area contributed by atoms with Gasteiger partial charge in [0.25, 0.3) is 0 Å². The number of anilines is 1. The van der Waals surface area contributed by atoms with Crippen LogP contribution >= 0.6 is 0 Å². The van der Waals surface area contributed by atoms with Crippen LogP contribution in [0.15, 0.2) is 36.5 Å². The Morgan fingerprint density at radius 3 is 2.63 bits per heavy atom. The third kappa shape index (κ3) is 3.72. The predicted molar refractivity (Wildman–Crippen MR) is 73.3 cm³/mol. The highest BCUT2D eigenvalue weighted by atomic mass is 19.1. The van der Waals surface area contributed by atoms with Crippen molar-refractivity contribution >= 4 is 5.82 Å². The van der Waals surface area contributed by atoms with Crippen LogP contribution in [0.1, 0.15) is 11.4 Å². The minimum atomic E-state index is -0.208. The fourth-order valence-corrected chi connectivity index (χ4v) is 1.76. The summed E-state index contributed by atoms with van der Waals surface area (Å²) in [5.74, 6) is 1.27. The van der Waals surface area contributed by atoms with Crippen molar-refractivity contribution in [2.75, 3.05) is 18.5 Å². The summed E-state index contributed by atoms with van der Waals surface area (Å²) >= 11 is 0. The molecule has 19 heavy (non-hydrogen) atoms. The van der Waals surface area contributed by atoms with E-state index in [1.54, 1.807) is 18.3 Å². The van der Waals surface area contributed by atoms with Crippen molar-refractivity contribution in [3.63, 3.8) is 0 Å². The van der Waals surface area contributed by atoms with Crippen LogP contribution < -0.4 is 10.6 Å². The topological polar surface area (TPSA) is 55.0 Å². The van der Waals surface area contributed by atoms with Gasteiger partial charge < -0.3 is 10.6 Å². The molecule has 2 N–H and O–H groups in total. The van der Waals surface area contributed by atoms with Crippen LogP contribution in [-0.2, 0) is 13.0 Å². The Labute approximate surface area is 112 Å². The van der Waals surface area contributed by atoms with Gasteiger partial charge in [0.2, 0.25) is 0 Å². The first-order valence-electron chi connectivity index (χ1n) is 6.16. The van der Waals surface area contributed by atoms with E-state index >= 15 is 0 Å². The second-order valence-corrected chi connectivity index (χ2v) is 4.33. The van der Waals surface area contributed by atoms with Gasteiger partial charge in [-0.1, -0.05) is 12.1 Å². The molecule has 1 heterocycles. The lowest BCUT2D eigenvalue weighted by molar-refractivity contribution is 0.627. The first-order valence-corrected chi connectivity index (χ1v) is 6.16. The standard InChI is InChI=1S/C14H17FN4/c1-19(14-6-8-17-13(10-16)18-14)9-7-11-2-4-12(15)5-3-11/h2-6,8H,7,9-10,16H2,1H3. The van der Waals surface area contributed by atoms with Crippen molar-refractivity contribution in [3.05, 3.63) is 53.7 Å². The molecule has 0 radical (unpaired) electrons. The summed E-state index contributed by atoms with van der Waals surface area (Å²) in [6.45, 7) is 1.13. The Morgan fingerprint density at radius 2 is 1.95 bits per heavy atom. The van der Waals surface area contributed by atoms with E-state index in [1.165, 1.54) is 12.1 Å². The normalized spacial score (nSPS) is 10.5. The van der Waals surface area contributed by atoms with E-state index in [1.807, 2.05) is 18.0 Å². The van der Waals surface area contributed by atoms with E-state index < -0.39 is 0 Å². The maximum atomic E-state index is 12.8. The number of nitrogens with two attached hydrogens (primary N) is 1. The van der Waals surface area contributed by atoms with Crippen LogP contribution in [0.4, 0.5) is 10.2 Å². The second kappa shape index (κ2) is 6.24. The monoisotopic (exact) mass is 260 g/mol. The van der Waals surface area contributed by atoms with E-state index in [9.17, 15) is 4.39 Å². The van der Waals surface area contributed by atoms with Gasteiger partial charge in [-0.15, -0.1) is 0 Å². The summed E-state index contributed by atoms with van der Waals surface area (Å²) in [5.41, 5.74) is 6.62. The molecule has 0 atom stereocenters. The number of likely N-dealkylation sites (N-methyl/N-ethyl adjacent to an activating group) is 1. The fraction of sp³-hybridized carbons (Fsp3) is 0.286. The Hall–Kier alpha value is -2.01. The SMILES string of the molecule is CN(CCc1ccc(F)cc1)c1ccnc(CN)n1. The average molecular weight is 260 g/mol. The fourth-order valence-electron chi connectivity index (χ4n) is 1.76. The van der Waals surface area contributed by atoms with Crippen molar-refractivity contribution in [3.8, 4) is 0 Å². The molecule has 1 aromatic carbocycles. The number of aromatic nitrogens is 2. The summed E-state index contributed by atoms with van der Waals surface area (Å²) in [6, 6.07) is 8.41. The molecule has 4 nitrogen and oxygen atoms in total. The minimum Gasteiger partial charge on any atom is -0.359 e. The summed E-state index contributed by atoms with van der Waals surface area (Å²) in [6.07, 6.45) is 2.54. The highest BCUT2D eigenvalue weighted by Gasteiger charge is 2.04. The van der Waals surface area contributed by atoms with Crippen LogP contribution in [0, 0.1) is 5.82 Å². The van der Waals surface area contributed by atoms with Crippen molar-refractivity contribution in [2.45, 2.75) is 13.0 Å². The van der Waals surface area contributed by atoms with Gasteiger partial charge in [-0.05, 0) is 30.2 Å². The Balaban J connectivity index is 1.96. The van der Waals surface area contributed by atoms with Gasteiger partial charge in [0.15, 0.2) is 0 Å². The van der Waals surface area contributed by atoms with Gasteiger partial charge in [-0.2, -0.15) is 0 Å². The first kappa shape index (κ1) is 13.4. The van der Waals surface area contributed by atoms with E-state index in [2.05, 4.69) is 9.97 Å². The maximum Gasteiger partial charge on any atom is 0.144 e. The molecule has 5 heteroatoms. The lowest BCUT2D eigenvalue weighted by atomic mass is 10.1. The molecule has 0 spiro atoms. The Bertz CT molecular complexity index is 527. The van der Waals surface area contributed by atoms with E-state index in [4.69, 9.17) is 5.73 Å². The molecule has 2 aromatic rings. The lowest BCUT2D eigenvalue weighted by Crippen LogP contribution is -2.22. The summed E-state index contributed by atoms with van der Waals surface area (Å²) in [4.78, 5) is 10.4. The molecule has 1 aromatic heterocycles. The highest BCUT2D eigenvalue weighted by Crippen LogP contribution is 2.10. The van der Waals surface area contributed by atoms with Gasteiger partial charge >= 0.3 is 0 Å². The molecule has 0 aliphatic rings. The summed E-state index contributed by atoms with van der Waals surface area (Å²) in [5, 5.41) is 0. The number of hydrogen-bond acceptors (Lipinski definition) is 4. The predicted octanol–water partition coefficient (Wildman–Crippen LogP) is 1.75. The second-order valence-electron chi connectivity index (χ2n) is 4.33. The van der Waals surface area contributed by atoms with Crippen molar-refractivity contribution in [2.24, 2.45) is 5.73 Å². The van der Waals surface area contributed by atoms with Gasteiger partial charge in [-0.25, -0.2) is 14.4 Å². The maximum absolute atomic E-state index is 12.8. The molecule has 100 valence electrons. The zero-order valence-corrected chi connectivity index (χ0v) is 10.9. The molecule has 0 saturated heterocycles. The van der Waals surface area contributed by atoms with Crippen molar-refractivity contribution in [1.29, 1.82) is 0 Å². The Morgan fingerprint density at radius 1 is 1.21 bits per heavy atom. The molecule has 0 aliphatic heterocycles. The molecule has 0 fully saturated rings. The molecule has 2 rings (SSSR count). The van der Waals surface area contributed by atoms with Crippen LogP contribution in [0.25, 0.3) is 0 Å². The van der Waals surface area contributed by atoms with Gasteiger partial charge in [0.1, 0.15) is 17.5 Å². The lowest BCUT2D eigenvalue weighted by Gasteiger charge is -2.18. The van der Waals surface area contributed by atoms with Gasteiger partial charge in [0.05, 0.1) is 6.54 Å². The van der Waals surface area contributed by atoms with Crippen molar-refractivity contribution in [1.82, 2.24) is 9.97 Å². The van der Waals surface area contributed by atoms with Crippen LogP contribution in [-0.4, -0.2) is 23.6 Å². The first-order chi connectivity index (χ1) is 9.19. The van der Waals surface area contributed by atoms with Gasteiger partial charge in [0, 0.05) is 19.8 Å². The molecular formula is C14H17FN4. The van der Waals surface area contributed by atoms with Crippen LogP contribution in [0.3, 0.4) is 0 Å². The smallest absolute Gasteiger partial charge is 0.144 e.